The van der Waals surface area contributed by atoms with Crippen LogP contribution in [0.3, 0.4) is 0 Å². The van der Waals surface area contributed by atoms with Gasteiger partial charge in [-0.3, -0.25) is 0 Å². The normalized spacial score (nSPS) is 12.6. The van der Waals surface area contributed by atoms with Gasteiger partial charge in [0.15, 0.2) is 0 Å². The van der Waals surface area contributed by atoms with E-state index in [2.05, 4.69) is 22.0 Å². The van der Waals surface area contributed by atoms with Gasteiger partial charge in [-0.1, -0.05) is 33.6 Å². The molecule has 1 aromatic heterocycles. The van der Waals surface area contributed by atoms with Gasteiger partial charge in [0, 0.05) is 20.2 Å². The first-order valence-electron chi connectivity index (χ1n) is 6.25. The summed E-state index contributed by atoms with van der Waals surface area (Å²) in [4.78, 5) is 1.03. The van der Waals surface area contributed by atoms with E-state index in [9.17, 15) is 4.39 Å². The van der Waals surface area contributed by atoms with Crippen LogP contribution in [0.25, 0.3) is 10.1 Å². The Kier molecular flexibility index (Phi) is 4.20. The van der Waals surface area contributed by atoms with Gasteiger partial charge in [-0.15, -0.1) is 11.3 Å². The van der Waals surface area contributed by atoms with E-state index >= 15 is 0 Å². The quantitative estimate of drug-likeness (QED) is 0.489. The zero-order chi connectivity index (χ0) is 15.0. The lowest BCUT2D eigenvalue weighted by Gasteiger charge is -2.13. The Labute approximate surface area is 139 Å². The average molecular weight is 386 g/mol. The van der Waals surface area contributed by atoms with Crippen LogP contribution in [0.2, 0.25) is 5.02 Å². The van der Waals surface area contributed by atoms with Crippen molar-refractivity contribution in [2.75, 3.05) is 7.11 Å². The molecule has 0 saturated carbocycles. The highest BCUT2D eigenvalue weighted by Gasteiger charge is 2.18. The third-order valence-corrected chi connectivity index (χ3v) is 5.90. The number of benzene rings is 2. The van der Waals surface area contributed by atoms with Crippen LogP contribution in [-0.2, 0) is 0 Å². The first-order valence-corrected chi connectivity index (χ1v) is 8.36. The Balaban J connectivity index is 2.07. The minimum Gasteiger partial charge on any atom is -0.496 e. The predicted octanol–water partition coefficient (Wildman–Crippen LogP) is 6.19. The molecule has 1 atom stereocenters. The van der Waals surface area contributed by atoms with Gasteiger partial charge < -0.3 is 4.74 Å². The molecule has 21 heavy (non-hydrogen) atoms. The van der Waals surface area contributed by atoms with Crippen molar-refractivity contribution < 1.29 is 9.13 Å². The molecule has 3 rings (SSSR count). The summed E-state index contributed by atoms with van der Waals surface area (Å²) in [6.07, 6.45) is 0. The van der Waals surface area contributed by atoms with E-state index in [0.29, 0.717) is 5.02 Å². The summed E-state index contributed by atoms with van der Waals surface area (Å²) in [6, 6.07) is 12.4. The maximum atomic E-state index is 13.3. The molecule has 1 nitrogen and oxygen atoms in total. The molecule has 108 valence electrons. The average Bonchev–Trinajstić information content (AvgIpc) is 2.89. The van der Waals surface area contributed by atoms with E-state index in [1.54, 1.807) is 36.6 Å². The Morgan fingerprint density at radius 2 is 2.00 bits per heavy atom. The summed E-state index contributed by atoms with van der Waals surface area (Å²) in [5, 5.41) is 1.68. The highest BCUT2D eigenvalue weighted by atomic mass is 79.9. The first-order chi connectivity index (χ1) is 10.1. The SMILES string of the molecule is COc1ccc(Cl)cc1C(Br)c1cc2ccc(F)cc2s1. The third kappa shape index (κ3) is 2.93. The van der Waals surface area contributed by atoms with Gasteiger partial charge in [-0.05, 0) is 41.8 Å². The number of thiophene rings is 1. The molecule has 0 saturated heterocycles. The van der Waals surface area contributed by atoms with Crippen LogP contribution >= 0.6 is 38.9 Å². The number of alkyl halides is 1. The molecule has 0 fully saturated rings. The second-order valence-electron chi connectivity index (χ2n) is 4.58. The molecule has 0 aliphatic rings. The van der Waals surface area contributed by atoms with Crippen LogP contribution in [0, 0.1) is 5.82 Å². The van der Waals surface area contributed by atoms with Crippen molar-refractivity contribution in [2.24, 2.45) is 0 Å². The van der Waals surface area contributed by atoms with E-state index in [4.69, 9.17) is 16.3 Å². The minimum atomic E-state index is -0.220. The lowest BCUT2D eigenvalue weighted by atomic mass is 10.1. The molecule has 3 aromatic rings. The summed E-state index contributed by atoms with van der Waals surface area (Å²) in [6.45, 7) is 0. The van der Waals surface area contributed by atoms with Gasteiger partial charge in [-0.2, -0.15) is 0 Å². The second-order valence-corrected chi connectivity index (χ2v) is 7.05. The van der Waals surface area contributed by atoms with Gasteiger partial charge in [-0.25, -0.2) is 4.39 Å². The van der Waals surface area contributed by atoms with Crippen LogP contribution in [0.4, 0.5) is 4.39 Å². The van der Waals surface area contributed by atoms with E-state index < -0.39 is 0 Å². The number of rotatable bonds is 3. The summed E-state index contributed by atoms with van der Waals surface area (Å²) in [5.74, 6) is 0.548. The van der Waals surface area contributed by atoms with Crippen LogP contribution in [-0.4, -0.2) is 7.11 Å². The summed E-state index contributed by atoms with van der Waals surface area (Å²) >= 11 is 11.3. The first kappa shape index (κ1) is 14.8. The fourth-order valence-electron chi connectivity index (χ4n) is 2.21. The number of halogens is 3. The fourth-order valence-corrected chi connectivity index (χ4v) is 4.24. The molecule has 0 aliphatic heterocycles. The lowest BCUT2D eigenvalue weighted by molar-refractivity contribution is 0.410. The fraction of sp³-hybridized carbons (Fsp3) is 0.125. The summed E-state index contributed by atoms with van der Waals surface area (Å²) in [5.41, 5.74) is 0.956. The molecule has 1 heterocycles. The summed E-state index contributed by atoms with van der Waals surface area (Å²) < 4.78 is 19.6. The molecule has 0 amide bonds. The van der Waals surface area contributed by atoms with Crippen molar-refractivity contribution in [3.63, 3.8) is 0 Å². The monoisotopic (exact) mass is 384 g/mol. The number of hydrogen-bond acceptors (Lipinski definition) is 2. The standard InChI is InChI=1S/C16H11BrClFOS/c1-20-13-5-3-10(18)7-12(13)16(17)15-6-9-2-4-11(19)8-14(9)21-15/h2-8,16H,1H3. The maximum absolute atomic E-state index is 13.3. The van der Waals surface area contributed by atoms with Crippen LogP contribution < -0.4 is 4.74 Å². The molecule has 1 unspecified atom stereocenters. The van der Waals surface area contributed by atoms with Crippen molar-refractivity contribution in [3.8, 4) is 5.75 Å². The van der Waals surface area contributed by atoms with E-state index in [1.165, 1.54) is 6.07 Å². The topological polar surface area (TPSA) is 9.23 Å². The van der Waals surface area contributed by atoms with Crippen molar-refractivity contribution in [2.45, 2.75) is 4.83 Å². The van der Waals surface area contributed by atoms with E-state index in [0.717, 1.165) is 26.3 Å². The minimum absolute atomic E-state index is 0.0494. The Hall–Kier alpha value is -1.10. The van der Waals surface area contributed by atoms with Crippen molar-refractivity contribution in [1.82, 2.24) is 0 Å². The zero-order valence-corrected chi connectivity index (χ0v) is 14.2. The highest BCUT2D eigenvalue weighted by Crippen LogP contribution is 2.42. The molecular formula is C16H11BrClFOS. The highest BCUT2D eigenvalue weighted by molar-refractivity contribution is 9.09. The molecule has 0 bridgehead atoms. The molecule has 0 spiro atoms. The zero-order valence-electron chi connectivity index (χ0n) is 11.1. The second kappa shape index (κ2) is 5.95. The van der Waals surface area contributed by atoms with Crippen molar-refractivity contribution >= 4 is 49.0 Å². The lowest BCUT2D eigenvalue weighted by Crippen LogP contribution is -1.95. The smallest absolute Gasteiger partial charge is 0.124 e. The summed E-state index contributed by atoms with van der Waals surface area (Å²) in [7, 11) is 1.63. The number of ether oxygens (including phenoxy) is 1. The van der Waals surface area contributed by atoms with E-state index in [1.807, 2.05) is 12.1 Å². The third-order valence-electron chi connectivity index (χ3n) is 3.22. The largest absolute Gasteiger partial charge is 0.496 e. The molecule has 2 aromatic carbocycles. The molecule has 0 aliphatic carbocycles. The van der Waals surface area contributed by atoms with Gasteiger partial charge in [0.25, 0.3) is 0 Å². The van der Waals surface area contributed by atoms with Crippen LogP contribution in [0.1, 0.15) is 15.3 Å². The van der Waals surface area contributed by atoms with Gasteiger partial charge in [0.05, 0.1) is 11.9 Å². The van der Waals surface area contributed by atoms with Crippen molar-refractivity contribution in [1.29, 1.82) is 0 Å². The van der Waals surface area contributed by atoms with Crippen LogP contribution in [0.5, 0.6) is 5.75 Å². The Morgan fingerprint density at radius 3 is 2.76 bits per heavy atom. The number of methoxy groups -OCH3 is 1. The maximum Gasteiger partial charge on any atom is 0.124 e. The number of hydrogen-bond donors (Lipinski definition) is 0. The van der Waals surface area contributed by atoms with Crippen molar-refractivity contribution in [3.05, 3.63) is 63.7 Å². The van der Waals surface area contributed by atoms with E-state index in [-0.39, 0.29) is 10.6 Å². The molecular weight excluding hydrogens is 375 g/mol. The van der Waals surface area contributed by atoms with Gasteiger partial charge in [0.2, 0.25) is 0 Å². The number of fused-ring (bicyclic) bond motifs is 1. The Morgan fingerprint density at radius 1 is 1.19 bits per heavy atom. The molecule has 5 heteroatoms. The molecule has 0 radical (unpaired) electrons. The predicted molar refractivity (Wildman–Crippen MR) is 90.6 cm³/mol. The van der Waals surface area contributed by atoms with Gasteiger partial charge in [0.1, 0.15) is 11.6 Å². The van der Waals surface area contributed by atoms with Crippen LogP contribution in [0.15, 0.2) is 42.5 Å². The Bertz CT molecular complexity index is 802. The van der Waals surface area contributed by atoms with Gasteiger partial charge >= 0.3 is 0 Å². The molecule has 0 N–H and O–H groups in total.